The minimum absolute atomic E-state index is 0.672. The zero-order chi connectivity index (χ0) is 14.4. The molecule has 4 bridgehead atoms. The fourth-order valence-electron chi connectivity index (χ4n) is 6.39. The second kappa shape index (κ2) is 5.53. The number of nitrogens with zero attached hydrogens (tertiary/aromatic N) is 1. The topological polar surface area (TPSA) is 15.3 Å². The Labute approximate surface area is 131 Å². The van der Waals surface area contributed by atoms with Crippen LogP contribution in [0.15, 0.2) is 0 Å². The van der Waals surface area contributed by atoms with Gasteiger partial charge < -0.3 is 5.32 Å². The van der Waals surface area contributed by atoms with Gasteiger partial charge in [0.05, 0.1) is 0 Å². The van der Waals surface area contributed by atoms with Crippen LogP contribution >= 0.6 is 0 Å². The predicted molar refractivity (Wildman–Crippen MR) is 88.3 cm³/mol. The first-order chi connectivity index (χ1) is 10.2. The van der Waals surface area contributed by atoms with Crippen molar-refractivity contribution in [1.82, 2.24) is 10.2 Å². The normalized spacial score (nSPS) is 42.7. The van der Waals surface area contributed by atoms with Gasteiger partial charge in [0.25, 0.3) is 0 Å². The fourth-order valence-corrected chi connectivity index (χ4v) is 6.39. The molecule has 0 aliphatic heterocycles. The molecular weight excluding hydrogens is 256 g/mol. The van der Waals surface area contributed by atoms with Crippen molar-refractivity contribution in [2.24, 2.45) is 23.2 Å². The van der Waals surface area contributed by atoms with Crippen molar-refractivity contribution in [3.8, 4) is 0 Å². The van der Waals surface area contributed by atoms with Gasteiger partial charge in [-0.1, -0.05) is 6.92 Å². The van der Waals surface area contributed by atoms with Gasteiger partial charge in [0, 0.05) is 25.2 Å². The average molecular weight is 290 g/mol. The van der Waals surface area contributed by atoms with Crippen molar-refractivity contribution < 1.29 is 0 Å². The first-order valence-corrected chi connectivity index (χ1v) is 9.66. The number of hydrogen-bond donors (Lipinski definition) is 1. The molecule has 5 aliphatic carbocycles. The SMILES string of the molecule is CCN(CCNC(C)C12CC3CC(CC(C3)C1)C2)C1CC1. The zero-order valence-electron chi connectivity index (χ0n) is 14.1. The maximum Gasteiger partial charge on any atom is 0.0110 e. The quantitative estimate of drug-likeness (QED) is 0.769. The van der Waals surface area contributed by atoms with Crippen LogP contribution in [0.4, 0.5) is 0 Å². The number of rotatable bonds is 7. The van der Waals surface area contributed by atoms with Gasteiger partial charge in [-0.2, -0.15) is 0 Å². The molecule has 0 spiro atoms. The van der Waals surface area contributed by atoms with E-state index >= 15 is 0 Å². The largest absolute Gasteiger partial charge is 0.312 e. The molecule has 0 aromatic carbocycles. The summed E-state index contributed by atoms with van der Waals surface area (Å²) in [5.41, 5.74) is 0.672. The van der Waals surface area contributed by atoms with Crippen molar-refractivity contribution in [3.63, 3.8) is 0 Å². The lowest BCUT2D eigenvalue weighted by atomic mass is 9.48. The zero-order valence-corrected chi connectivity index (χ0v) is 14.1. The molecule has 21 heavy (non-hydrogen) atoms. The van der Waals surface area contributed by atoms with Crippen LogP contribution in [0, 0.1) is 23.2 Å². The Morgan fingerprint density at radius 1 is 1.05 bits per heavy atom. The number of nitrogens with one attached hydrogen (secondary N) is 1. The highest BCUT2D eigenvalue weighted by molar-refractivity contribution is 5.05. The second-order valence-electron chi connectivity index (χ2n) is 8.82. The van der Waals surface area contributed by atoms with Gasteiger partial charge in [-0.05, 0) is 88.0 Å². The molecule has 1 atom stereocenters. The first kappa shape index (κ1) is 14.5. The van der Waals surface area contributed by atoms with Crippen LogP contribution in [0.1, 0.15) is 65.2 Å². The van der Waals surface area contributed by atoms with Gasteiger partial charge in [-0.25, -0.2) is 0 Å². The van der Waals surface area contributed by atoms with Crippen LogP contribution in [0.5, 0.6) is 0 Å². The Kier molecular flexibility index (Phi) is 3.82. The van der Waals surface area contributed by atoms with E-state index in [4.69, 9.17) is 0 Å². The minimum Gasteiger partial charge on any atom is -0.312 e. The third-order valence-corrected chi connectivity index (χ3v) is 7.32. The summed E-state index contributed by atoms with van der Waals surface area (Å²) in [5.74, 6) is 3.25. The highest BCUT2D eigenvalue weighted by Crippen LogP contribution is 2.61. The van der Waals surface area contributed by atoms with E-state index in [9.17, 15) is 0 Å². The van der Waals surface area contributed by atoms with E-state index < -0.39 is 0 Å². The van der Waals surface area contributed by atoms with Crippen LogP contribution in [0.25, 0.3) is 0 Å². The molecule has 5 rings (SSSR count). The van der Waals surface area contributed by atoms with Crippen molar-refractivity contribution in [1.29, 1.82) is 0 Å². The van der Waals surface area contributed by atoms with E-state index in [1.807, 2.05) is 0 Å². The molecule has 0 aromatic heterocycles. The lowest BCUT2D eigenvalue weighted by molar-refractivity contribution is -0.0705. The Bertz CT molecular complexity index is 338. The van der Waals surface area contributed by atoms with Crippen molar-refractivity contribution >= 4 is 0 Å². The third-order valence-electron chi connectivity index (χ3n) is 7.32. The van der Waals surface area contributed by atoms with E-state index in [0.717, 1.165) is 29.8 Å². The molecule has 0 aromatic rings. The lowest BCUT2D eigenvalue weighted by Gasteiger charge is -2.59. The maximum atomic E-state index is 3.95. The highest BCUT2D eigenvalue weighted by Gasteiger charge is 2.52. The van der Waals surface area contributed by atoms with E-state index in [0.29, 0.717) is 5.41 Å². The molecule has 0 heterocycles. The van der Waals surface area contributed by atoms with Crippen LogP contribution < -0.4 is 5.32 Å². The summed E-state index contributed by atoms with van der Waals surface area (Å²) in [4.78, 5) is 2.68. The van der Waals surface area contributed by atoms with Crippen LogP contribution in [-0.2, 0) is 0 Å². The Morgan fingerprint density at radius 2 is 1.62 bits per heavy atom. The minimum atomic E-state index is 0.672. The number of hydrogen-bond acceptors (Lipinski definition) is 2. The predicted octanol–water partition coefficient (Wildman–Crippen LogP) is 3.67. The summed E-state index contributed by atoms with van der Waals surface area (Å²) in [6.45, 7) is 8.52. The van der Waals surface area contributed by atoms with E-state index in [2.05, 4.69) is 24.1 Å². The van der Waals surface area contributed by atoms with Gasteiger partial charge >= 0.3 is 0 Å². The van der Waals surface area contributed by atoms with Crippen LogP contribution in [-0.4, -0.2) is 36.6 Å². The molecule has 5 saturated carbocycles. The molecule has 0 saturated heterocycles. The molecule has 5 aliphatic rings. The van der Waals surface area contributed by atoms with Crippen molar-refractivity contribution in [2.45, 2.75) is 77.3 Å². The molecule has 1 N–H and O–H groups in total. The molecule has 0 radical (unpaired) electrons. The van der Waals surface area contributed by atoms with Crippen molar-refractivity contribution in [3.05, 3.63) is 0 Å². The smallest absolute Gasteiger partial charge is 0.0110 e. The highest BCUT2D eigenvalue weighted by atomic mass is 15.2. The van der Waals surface area contributed by atoms with Crippen molar-refractivity contribution in [2.75, 3.05) is 19.6 Å². The summed E-state index contributed by atoms with van der Waals surface area (Å²) in [5, 5.41) is 3.95. The molecule has 0 amide bonds. The van der Waals surface area contributed by atoms with Crippen LogP contribution in [0.3, 0.4) is 0 Å². The first-order valence-electron chi connectivity index (χ1n) is 9.66. The molecular formula is C19H34N2. The Hall–Kier alpha value is -0.0800. The van der Waals surface area contributed by atoms with Gasteiger partial charge in [-0.15, -0.1) is 0 Å². The molecule has 120 valence electrons. The molecule has 1 unspecified atom stereocenters. The van der Waals surface area contributed by atoms with E-state index in [-0.39, 0.29) is 0 Å². The molecule has 2 nitrogen and oxygen atoms in total. The maximum absolute atomic E-state index is 3.95. The second-order valence-corrected chi connectivity index (χ2v) is 8.82. The van der Waals surface area contributed by atoms with Gasteiger partial charge in [0.15, 0.2) is 0 Å². The third kappa shape index (κ3) is 2.79. The summed E-state index contributed by atoms with van der Waals surface area (Å²) >= 11 is 0. The molecule has 2 heteroatoms. The fraction of sp³-hybridized carbons (Fsp3) is 1.00. The Balaban J connectivity index is 1.31. The molecule has 5 fully saturated rings. The average Bonchev–Trinajstić information content (AvgIpc) is 3.26. The van der Waals surface area contributed by atoms with Gasteiger partial charge in [-0.3, -0.25) is 4.90 Å². The van der Waals surface area contributed by atoms with E-state index in [1.54, 1.807) is 19.3 Å². The summed E-state index contributed by atoms with van der Waals surface area (Å²) in [6.07, 6.45) is 12.2. The van der Waals surface area contributed by atoms with Gasteiger partial charge in [0.1, 0.15) is 0 Å². The summed E-state index contributed by atoms with van der Waals surface area (Å²) < 4.78 is 0. The van der Waals surface area contributed by atoms with E-state index in [1.165, 1.54) is 51.7 Å². The van der Waals surface area contributed by atoms with Crippen LogP contribution in [0.2, 0.25) is 0 Å². The summed E-state index contributed by atoms with van der Waals surface area (Å²) in [7, 11) is 0. The van der Waals surface area contributed by atoms with Gasteiger partial charge in [0.2, 0.25) is 0 Å². The monoisotopic (exact) mass is 290 g/mol. The standard InChI is InChI=1S/C19H34N2/c1-3-21(18-4-5-18)7-6-20-14(2)19-11-15-8-16(12-19)10-17(9-15)13-19/h14-18,20H,3-13H2,1-2H3. The Morgan fingerprint density at radius 3 is 2.10 bits per heavy atom. The summed E-state index contributed by atoms with van der Waals surface area (Å²) in [6, 6.07) is 1.66. The lowest BCUT2D eigenvalue weighted by Crippen LogP contribution is -2.55. The number of likely N-dealkylation sites (N-methyl/N-ethyl adjacent to an activating group) is 1.